The van der Waals surface area contributed by atoms with Crippen molar-refractivity contribution in [3.8, 4) is 0 Å². The van der Waals surface area contributed by atoms with E-state index in [-0.39, 0.29) is 27.9 Å². The average molecular weight is 272 g/mol. The molecular weight excluding hydrogens is 258 g/mol. The number of nitrogens with one attached hydrogen (secondary N) is 1. The quantitative estimate of drug-likeness (QED) is 0.498. The second-order valence-corrected chi connectivity index (χ2v) is 4.66. The van der Waals surface area contributed by atoms with E-state index in [9.17, 15) is 14.9 Å². The highest BCUT2D eigenvalue weighted by molar-refractivity contribution is 6.34. The van der Waals surface area contributed by atoms with Crippen molar-refractivity contribution in [2.75, 3.05) is 12.3 Å². The zero-order valence-corrected chi connectivity index (χ0v) is 10.8. The van der Waals surface area contributed by atoms with Crippen LogP contribution in [0.5, 0.6) is 0 Å². The molecular formula is C11H14ClN3O3. The highest BCUT2D eigenvalue weighted by atomic mass is 35.5. The van der Waals surface area contributed by atoms with E-state index in [4.69, 9.17) is 17.3 Å². The summed E-state index contributed by atoms with van der Waals surface area (Å²) in [5.41, 5.74) is 5.10. The van der Waals surface area contributed by atoms with Crippen LogP contribution in [0, 0.1) is 16.0 Å². The summed E-state index contributed by atoms with van der Waals surface area (Å²) in [5, 5.41) is 13.4. The molecule has 0 aliphatic carbocycles. The molecule has 0 bridgehead atoms. The highest BCUT2D eigenvalue weighted by Crippen LogP contribution is 2.30. The van der Waals surface area contributed by atoms with E-state index < -0.39 is 10.8 Å². The lowest BCUT2D eigenvalue weighted by Crippen LogP contribution is -2.27. The molecule has 0 atom stereocenters. The normalized spacial score (nSPS) is 10.4. The number of nitrogens with zero attached hydrogens (tertiary/aromatic N) is 1. The molecule has 0 aliphatic rings. The lowest BCUT2D eigenvalue weighted by Gasteiger charge is -2.08. The van der Waals surface area contributed by atoms with E-state index in [1.807, 2.05) is 13.8 Å². The number of nitrogens with two attached hydrogens (primary N) is 1. The fraction of sp³-hybridized carbons (Fsp3) is 0.364. The smallest absolute Gasteiger partial charge is 0.294 e. The summed E-state index contributed by atoms with van der Waals surface area (Å²) < 4.78 is 0. The summed E-state index contributed by atoms with van der Waals surface area (Å²) in [5.74, 6) is -0.123. The van der Waals surface area contributed by atoms with Gasteiger partial charge in [-0.1, -0.05) is 25.4 Å². The van der Waals surface area contributed by atoms with E-state index in [0.717, 1.165) is 6.07 Å². The van der Waals surface area contributed by atoms with E-state index in [1.165, 1.54) is 6.07 Å². The minimum atomic E-state index is -0.666. The van der Waals surface area contributed by atoms with E-state index in [1.54, 1.807) is 0 Å². The van der Waals surface area contributed by atoms with Crippen LogP contribution in [0.3, 0.4) is 0 Å². The van der Waals surface area contributed by atoms with Crippen LogP contribution in [-0.4, -0.2) is 17.4 Å². The Morgan fingerprint density at radius 1 is 1.56 bits per heavy atom. The summed E-state index contributed by atoms with van der Waals surface area (Å²) >= 11 is 5.76. The second-order valence-electron chi connectivity index (χ2n) is 4.25. The molecule has 6 nitrogen and oxygen atoms in total. The van der Waals surface area contributed by atoms with Gasteiger partial charge in [0.1, 0.15) is 5.69 Å². The minimum absolute atomic E-state index is 0.00102. The number of hydrogen-bond donors (Lipinski definition) is 2. The Bertz CT molecular complexity index is 489. The number of halogens is 1. The van der Waals surface area contributed by atoms with Crippen LogP contribution >= 0.6 is 11.6 Å². The number of carbonyl (C=O) groups is 1. The SMILES string of the molecule is CC(C)CNC(=O)c1cc(Cl)c(N)c([N+](=O)[O-])c1. The number of nitro benzene ring substituents is 1. The summed E-state index contributed by atoms with van der Waals surface area (Å²) in [6.07, 6.45) is 0. The monoisotopic (exact) mass is 271 g/mol. The molecule has 0 radical (unpaired) electrons. The molecule has 7 heteroatoms. The van der Waals surface area contributed by atoms with Gasteiger partial charge in [0.2, 0.25) is 0 Å². The molecule has 3 N–H and O–H groups in total. The van der Waals surface area contributed by atoms with Crippen LogP contribution in [0.2, 0.25) is 5.02 Å². The Kier molecular flexibility index (Phi) is 4.49. The maximum absolute atomic E-state index is 11.8. The van der Waals surface area contributed by atoms with Gasteiger partial charge in [-0.25, -0.2) is 0 Å². The van der Waals surface area contributed by atoms with Gasteiger partial charge in [-0.15, -0.1) is 0 Å². The van der Waals surface area contributed by atoms with Gasteiger partial charge >= 0.3 is 0 Å². The standard InChI is InChI=1S/C11H14ClN3O3/c1-6(2)5-14-11(16)7-3-8(12)10(13)9(4-7)15(17)18/h3-4,6H,5,13H2,1-2H3,(H,14,16). The zero-order valence-electron chi connectivity index (χ0n) is 10.1. The first-order valence-corrected chi connectivity index (χ1v) is 5.72. The Labute approximate surface area is 109 Å². The van der Waals surface area contributed by atoms with Gasteiger partial charge < -0.3 is 11.1 Å². The molecule has 0 saturated carbocycles. The number of rotatable bonds is 4. The summed E-state index contributed by atoms with van der Waals surface area (Å²) in [6, 6.07) is 2.44. The van der Waals surface area contributed by atoms with Crippen molar-refractivity contribution in [1.82, 2.24) is 5.32 Å². The molecule has 1 aromatic rings. The maximum atomic E-state index is 11.8. The van der Waals surface area contributed by atoms with Crippen LogP contribution in [0.25, 0.3) is 0 Å². The van der Waals surface area contributed by atoms with E-state index in [0.29, 0.717) is 6.54 Å². The third kappa shape index (κ3) is 3.33. The van der Waals surface area contributed by atoms with Gasteiger partial charge in [-0.05, 0) is 12.0 Å². The van der Waals surface area contributed by atoms with Crippen LogP contribution < -0.4 is 11.1 Å². The minimum Gasteiger partial charge on any atom is -0.392 e. The topological polar surface area (TPSA) is 98.3 Å². The first-order chi connectivity index (χ1) is 8.32. The van der Waals surface area contributed by atoms with Crippen LogP contribution in [0.15, 0.2) is 12.1 Å². The first kappa shape index (κ1) is 14.2. The van der Waals surface area contributed by atoms with Crippen molar-refractivity contribution in [2.45, 2.75) is 13.8 Å². The number of nitro groups is 1. The highest BCUT2D eigenvalue weighted by Gasteiger charge is 2.19. The Balaban J connectivity index is 3.03. The molecule has 0 fully saturated rings. The number of nitrogen functional groups attached to an aromatic ring is 1. The summed E-state index contributed by atoms with van der Waals surface area (Å²) in [6.45, 7) is 4.37. The predicted octanol–water partition coefficient (Wildman–Crippen LogP) is 2.22. The summed E-state index contributed by atoms with van der Waals surface area (Å²) in [7, 11) is 0. The zero-order chi connectivity index (χ0) is 13.9. The molecule has 1 amide bonds. The van der Waals surface area contributed by atoms with Gasteiger partial charge in [0.05, 0.1) is 9.95 Å². The van der Waals surface area contributed by atoms with Crippen molar-refractivity contribution in [3.05, 3.63) is 32.8 Å². The maximum Gasteiger partial charge on any atom is 0.294 e. The van der Waals surface area contributed by atoms with Crippen molar-refractivity contribution in [3.63, 3.8) is 0 Å². The van der Waals surface area contributed by atoms with Crippen molar-refractivity contribution < 1.29 is 9.72 Å². The molecule has 1 rings (SSSR count). The molecule has 98 valence electrons. The fourth-order valence-electron chi connectivity index (χ4n) is 1.28. The van der Waals surface area contributed by atoms with E-state index in [2.05, 4.69) is 5.32 Å². The number of hydrogen-bond acceptors (Lipinski definition) is 4. The number of carbonyl (C=O) groups excluding carboxylic acids is 1. The number of amides is 1. The number of benzene rings is 1. The van der Waals surface area contributed by atoms with Gasteiger partial charge in [0.25, 0.3) is 11.6 Å². The molecule has 0 saturated heterocycles. The Morgan fingerprint density at radius 2 is 2.17 bits per heavy atom. The summed E-state index contributed by atoms with van der Waals surface area (Å²) in [4.78, 5) is 21.8. The van der Waals surface area contributed by atoms with Crippen LogP contribution in [0.1, 0.15) is 24.2 Å². The van der Waals surface area contributed by atoms with Crippen LogP contribution in [0.4, 0.5) is 11.4 Å². The molecule has 0 unspecified atom stereocenters. The number of anilines is 1. The lowest BCUT2D eigenvalue weighted by molar-refractivity contribution is -0.383. The fourth-order valence-corrected chi connectivity index (χ4v) is 1.50. The Morgan fingerprint density at radius 3 is 2.67 bits per heavy atom. The third-order valence-corrected chi connectivity index (χ3v) is 2.55. The molecule has 0 aromatic heterocycles. The van der Waals surface area contributed by atoms with Crippen molar-refractivity contribution in [2.24, 2.45) is 5.92 Å². The van der Waals surface area contributed by atoms with E-state index >= 15 is 0 Å². The lowest BCUT2D eigenvalue weighted by atomic mass is 10.1. The van der Waals surface area contributed by atoms with Gasteiger partial charge in [-0.2, -0.15) is 0 Å². The first-order valence-electron chi connectivity index (χ1n) is 5.34. The molecule has 0 spiro atoms. The molecule has 0 aliphatic heterocycles. The molecule has 1 aromatic carbocycles. The van der Waals surface area contributed by atoms with Gasteiger partial charge in [-0.3, -0.25) is 14.9 Å². The van der Waals surface area contributed by atoms with Gasteiger partial charge in [0.15, 0.2) is 0 Å². The predicted molar refractivity (Wildman–Crippen MR) is 69.7 cm³/mol. The van der Waals surface area contributed by atoms with Crippen molar-refractivity contribution >= 4 is 28.9 Å². The Hall–Kier alpha value is -1.82. The van der Waals surface area contributed by atoms with Crippen molar-refractivity contribution in [1.29, 1.82) is 0 Å². The molecule has 0 heterocycles. The average Bonchev–Trinajstić information content (AvgIpc) is 2.28. The van der Waals surface area contributed by atoms with Gasteiger partial charge in [0, 0.05) is 18.2 Å². The third-order valence-electron chi connectivity index (χ3n) is 2.24. The van der Waals surface area contributed by atoms with Crippen LogP contribution in [-0.2, 0) is 0 Å². The molecule has 18 heavy (non-hydrogen) atoms. The second kappa shape index (κ2) is 5.68. The largest absolute Gasteiger partial charge is 0.392 e.